The van der Waals surface area contributed by atoms with Gasteiger partial charge in [0.15, 0.2) is 0 Å². The van der Waals surface area contributed by atoms with Gasteiger partial charge in [0.25, 0.3) is 0 Å². The van der Waals surface area contributed by atoms with E-state index in [2.05, 4.69) is 23.6 Å². The van der Waals surface area contributed by atoms with Crippen molar-refractivity contribution in [2.75, 3.05) is 26.7 Å². The van der Waals surface area contributed by atoms with Crippen LogP contribution in [0.1, 0.15) is 38.4 Å². The summed E-state index contributed by atoms with van der Waals surface area (Å²) in [5.41, 5.74) is 0.393. The molecule has 1 heterocycles. The summed E-state index contributed by atoms with van der Waals surface area (Å²) in [7, 11) is 2.03. The predicted octanol–water partition coefficient (Wildman–Crippen LogP) is 2.66. The van der Waals surface area contributed by atoms with E-state index in [4.69, 9.17) is 0 Å². The van der Waals surface area contributed by atoms with Gasteiger partial charge in [0.2, 0.25) is 0 Å². The smallest absolute Gasteiger partial charge is 0.129 e. The molecule has 1 N–H and O–H groups in total. The Labute approximate surface area is 127 Å². The van der Waals surface area contributed by atoms with E-state index in [0.717, 1.165) is 25.9 Å². The van der Waals surface area contributed by atoms with Crippen molar-refractivity contribution in [1.82, 2.24) is 9.80 Å². The number of hydrogen-bond donors (Lipinski definition) is 1. The van der Waals surface area contributed by atoms with Crippen LogP contribution in [0.5, 0.6) is 0 Å². The van der Waals surface area contributed by atoms with Crippen LogP contribution in [-0.2, 0) is 0 Å². The maximum absolute atomic E-state index is 13.7. The third-order valence-electron chi connectivity index (χ3n) is 4.58. The molecule has 0 bridgehead atoms. The Morgan fingerprint density at radius 3 is 2.48 bits per heavy atom. The lowest BCUT2D eigenvalue weighted by atomic mass is 10.0. The lowest BCUT2D eigenvalue weighted by Crippen LogP contribution is -2.46. The van der Waals surface area contributed by atoms with Crippen LogP contribution in [-0.4, -0.2) is 53.7 Å². The zero-order valence-electron chi connectivity index (χ0n) is 13.3. The first-order valence-electron chi connectivity index (χ1n) is 7.85. The van der Waals surface area contributed by atoms with Gasteiger partial charge in [-0.25, -0.2) is 4.39 Å². The van der Waals surface area contributed by atoms with Crippen LogP contribution < -0.4 is 0 Å². The van der Waals surface area contributed by atoms with Gasteiger partial charge >= 0.3 is 0 Å². The van der Waals surface area contributed by atoms with Gasteiger partial charge in [-0.15, -0.1) is 0 Å². The van der Waals surface area contributed by atoms with Crippen molar-refractivity contribution in [3.8, 4) is 0 Å². The van der Waals surface area contributed by atoms with Crippen molar-refractivity contribution < 1.29 is 9.50 Å². The molecule has 1 aliphatic heterocycles. The first kappa shape index (κ1) is 16.4. The van der Waals surface area contributed by atoms with Crippen LogP contribution in [0.3, 0.4) is 0 Å². The summed E-state index contributed by atoms with van der Waals surface area (Å²) in [5, 5.41) is 10.3. The van der Waals surface area contributed by atoms with Crippen molar-refractivity contribution in [3.63, 3.8) is 0 Å². The normalized spacial score (nSPS) is 19.4. The molecule has 4 heteroatoms. The lowest BCUT2D eigenvalue weighted by molar-refractivity contribution is 0.0646. The molecule has 0 spiro atoms. The molecule has 0 radical (unpaired) electrons. The largest absolute Gasteiger partial charge is 0.387 e. The minimum atomic E-state index is -0.765. The van der Waals surface area contributed by atoms with Gasteiger partial charge in [-0.3, -0.25) is 0 Å². The highest BCUT2D eigenvalue weighted by Gasteiger charge is 2.25. The molecule has 1 fully saturated rings. The number of likely N-dealkylation sites (tertiary alicyclic amines) is 1. The summed E-state index contributed by atoms with van der Waals surface area (Å²) in [4.78, 5) is 4.66. The first-order chi connectivity index (χ1) is 9.99. The third kappa shape index (κ3) is 4.25. The molecule has 0 aliphatic carbocycles. The van der Waals surface area contributed by atoms with Crippen LogP contribution in [0.25, 0.3) is 0 Å². The zero-order chi connectivity index (χ0) is 15.4. The van der Waals surface area contributed by atoms with E-state index in [0.29, 0.717) is 24.2 Å². The maximum atomic E-state index is 13.7. The Morgan fingerprint density at radius 1 is 1.29 bits per heavy atom. The number of benzene rings is 1. The van der Waals surface area contributed by atoms with Crippen molar-refractivity contribution in [1.29, 1.82) is 0 Å². The van der Waals surface area contributed by atoms with Crippen LogP contribution in [0, 0.1) is 5.82 Å². The lowest BCUT2D eigenvalue weighted by Gasteiger charge is -2.39. The van der Waals surface area contributed by atoms with Crippen LogP contribution in [0.2, 0.25) is 0 Å². The summed E-state index contributed by atoms with van der Waals surface area (Å²) in [5.74, 6) is -0.326. The van der Waals surface area contributed by atoms with Crippen LogP contribution in [0.15, 0.2) is 24.3 Å². The molecule has 1 unspecified atom stereocenters. The second kappa shape index (κ2) is 7.34. The van der Waals surface area contributed by atoms with Gasteiger partial charge in [-0.2, -0.15) is 0 Å². The standard InChI is InChI=1S/C17H27FN2O/c1-13(2)20-10-8-14(9-11-20)19(3)12-17(21)15-6-4-5-7-16(15)18/h4-7,13-14,17,21H,8-12H2,1-3H3. The Bertz CT molecular complexity index is 444. The van der Waals surface area contributed by atoms with E-state index >= 15 is 0 Å². The molecular formula is C17H27FN2O. The van der Waals surface area contributed by atoms with E-state index in [-0.39, 0.29) is 5.82 Å². The van der Waals surface area contributed by atoms with Crippen molar-refractivity contribution in [2.45, 2.75) is 44.9 Å². The third-order valence-corrected chi connectivity index (χ3v) is 4.58. The number of aliphatic hydroxyl groups is 1. The van der Waals surface area contributed by atoms with Gasteiger partial charge in [0.1, 0.15) is 5.82 Å². The van der Waals surface area contributed by atoms with Gasteiger partial charge in [-0.1, -0.05) is 18.2 Å². The predicted molar refractivity (Wildman–Crippen MR) is 83.7 cm³/mol. The van der Waals surface area contributed by atoms with Crippen molar-refractivity contribution in [3.05, 3.63) is 35.6 Å². The Morgan fingerprint density at radius 2 is 1.90 bits per heavy atom. The fraction of sp³-hybridized carbons (Fsp3) is 0.647. The summed E-state index contributed by atoms with van der Waals surface area (Å²) >= 11 is 0. The number of piperidine rings is 1. The van der Waals surface area contributed by atoms with Gasteiger partial charge in [0.05, 0.1) is 6.10 Å². The van der Waals surface area contributed by atoms with Crippen LogP contribution in [0.4, 0.5) is 4.39 Å². The van der Waals surface area contributed by atoms with Crippen molar-refractivity contribution >= 4 is 0 Å². The van der Waals surface area contributed by atoms with Gasteiger partial charge < -0.3 is 14.9 Å². The first-order valence-corrected chi connectivity index (χ1v) is 7.85. The highest BCUT2D eigenvalue weighted by atomic mass is 19.1. The molecule has 3 nitrogen and oxygen atoms in total. The van der Waals surface area contributed by atoms with E-state index in [1.807, 2.05) is 7.05 Å². The Balaban J connectivity index is 1.87. The monoisotopic (exact) mass is 294 g/mol. The van der Waals surface area contributed by atoms with E-state index in [9.17, 15) is 9.50 Å². The molecule has 1 aromatic carbocycles. The maximum Gasteiger partial charge on any atom is 0.129 e. The molecule has 0 saturated carbocycles. The number of rotatable bonds is 5. The number of aliphatic hydroxyl groups excluding tert-OH is 1. The van der Waals surface area contributed by atoms with E-state index in [1.54, 1.807) is 18.2 Å². The second-order valence-corrected chi connectivity index (χ2v) is 6.34. The molecule has 0 aromatic heterocycles. The van der Waals surface area contributed by atoms with Gasteiger partial charge in [-0.05, 0) is 52.9 Å². The molecule has 0 amide bonds. The summed E-state index contributed by atoms with van der Waals surface area (Å²) in [6.45, 7) is 7.14. The molecule has 2 rings (SSSR count). The Kier molecular flexibility index (Phi) is 5.73. The molecule has 1 saturated heterocycles. The molecule has 118 valence electrons. The summed E-state index contributed by atoms with van der Waals surface area (Å²) < 4.78 is 13.7. The minimum absolute atomic E-state index is 0.326. The quantitative estimate of drug-likeness (QED) is 0.904. The SMILES string of the molecule is CC(C)N1CCC(N(C)CC(O)c2ccccc2F)CC1. The molecular weight excluding hydrogens is 267 g/mol. The van der Waals surface area contributed by atoms with E-state index in [1.165, 1.54) is 6.07 Å². The van der Waals surface area contributed by atoms with Crippen molar-refractivity contribution in [2.24, 2.45) is 0 Å². The second-order valence-electron chi connectivity index (χ2n) is 6.34. The fourth-order valence-electron chi connectivity index (χ4n) is 3.11. The van der Waals surface area contributed by atoms with Crippen LogP contribution >= 0.6 is 0 Å². The summed E-state index contributed by atoms with van der Waals surface area (Å²) in [6, 6.07) is 7.55. The Hall–Kier alpha value is -0.970. The molecule has 1 atom stereocenters. The molecule has 1 aliphatic rings. The highest BCUT2D eigenvalue weighted by molar-refractivity contribution is 5.20. The minimum Gasteiger partial charge on any atom is -0.387 e. The van der Waals surface area contributed by atoms with Gasteiger partial charge in [0, 0.05) is 24.2 Å². The highest BCUT2D eigenvalue weighted by Crippen LogP contribution is 2.22. The number of halogens is 1. The van der Waals surface area contributed by atoms with E-state index < -0.39 is 6.10 Å². The average molecular weight is 294 g/mol. The molecule has 21 heavy (non-hydrogen) atoms. The fourth-order valence-corrected chi connectivity index (χ4v) is 3.11. The summed E-state index contributed by atoms with van der Waals surface area (Å²) in [6.07, 6.45) is 1.46. The number of nitrogens with zero attached hydrogens (tertiary/aromatic N) is 2. The number of likely N-dealkylation sites (N-methyl/N-ethyl adjacent to an activating group) is 1. The molecule has 1 aromatic rings. The number of hydrogen-bond acceptors (Lipinski definition) is 3. The zero-order valence-corrected chi connectivity index (χ0v) is 13.3. The topological polar surface area (TPSA) is 26.7 Å². The average Bonchev–Trinajstić information content (AvgIpc) is 2.47.